The molecule has 1 heterocycles. The maximum atomic E-state index is 11.9. The van der Waals surface area contributed by atoms with Gasteiger partial charge in [0.05, 0.1) is 12.8 Å². The number of furan rings is 1. The molecule has 2 rings (SSSR count). The molecule has 0 saturated heterocycles. The Hall–Kier alpha value is -1.91. The lowest BCUT2D eigenvalue weighted by molar-refractivity contribution is -0.146. The number of ketones is 2. The maximum absolute atomic E-state index is 11.9. The fourth-order valence-corrected chi connectivity index (χ4v) is 2.37. The molecule has 0 spiro atoms. The van der Waals surface area contributed by atoms with Crippen LogP contribution in [0.15, 0.2) is 22.8 Å². The van der Waals surface area contributed by atoms with Gasteiger partial charge < -0.3 is 9.73 Å². The molecule has 0 radical (unpaired) electrons. The van der Waals surface area contributed by atoms with Gasteiger partial charge in [-0.05, 0) is 17.5 Å². The molecule has 0 unspecified atom stereocenters. The van der Waals surface area contributed by atoms with Crippen LogP contribution in [0.4, 0.5) is 0 Å². The fourth-order valence-electron chi connectivity index (χ4n) is 2.37. The standard InChI is InChI=1S/C14H17NO4/c1-14(2)6-10(16)12(11(17)7-14)13(18)15-8-9-4-3-5-19-9/h3-5,12H,6-8H2,1-2H3,(H,15,18). The van der Waals surface area contributed by atoms with E-state index in [9.17, 15) is 14.4 Å². The highest BCUT2D eigenvalue weighted by atomic mass is 16.3. The first kappa shape index (κ1) is 13.5. The first-order valence-electron chi connectivity index (χ1n) is 6.24. The first-order chi connectivity index (χ1) is 8.89. The van der Waals surface area contributed by atoms with Gasteiger partial charge in [0, 0.05) is 12.8 Å². The van der Waals surface area contributed by atoms with E-state index in [1.165, 1.54) is 6.26 Å². The van der Waals surface area contributed by atoms with Crippen LogP contribution in [0.5, 0.6) is 0 Å². The molecule has 19 heavy (non-hydrogen) atoms. The van der Waals surface area contributed by atoms with Crippen molar-refractivity contribution < 1.29 is 18.8 Å². The molecule has 1 aromatic rings. The summed E-state index contributed by atoms with van der Waals surface area (Å²) in [7, 11) is 0. The molecule has 5 nitrogen and oxygen atoms in total. The SMILES string of the molecule is CC1(C)CC(=O)C(C(=O)NCc2ccco2)C(=O)C1. The quantitative estimate of drug-likeness (QED) is 0.838. The van der Waals surface area contributed by atoms with E-state index in [0.29, 0.717) is 5.76 Å². The van der Waals surface area contributed by atoms with Gasteiger partial charge in [-0.1, -0.05) is 13.8 Å². The van der Waals surface area contributed by atoms with Crippen LogP contribution in [-0.4, -0.2) is 17.5 Å². The zero-order valence-electron chi connectivity index (χ0n) is 11.1. The lowest BCUT2D eigenvalue weighted by Gasteiger charge is -2.31. The third-order valence-corrected chi connectivity index (χ3v) is 3.23. The fraction of sp³-hybridized carbons (Fsp3) is 0.500. The van der Waals surface area contributed by atoms with Gasteiger partial charge in [0.25, 0.3) is 0 Å². The van der Waals surface area contributed by atoms with E-state index in [0.717, 1.165) is 0 Å². The zero-order valence-corrected chi connectivity index (χ0v) is 11.1. The van der Waals surface area contributed by atoms with E-state index in [4.69, 9.17) is 4.42 Å². The molecule has 1 aliphatic carbocycles. The summed E-state index contributed by atoms with van der Waals surface area (Å²) in [5, 5.41) is 2.57. The van der Waals surface area contributed by atoms with Crippen LogP contribution in [0, 0.1) is 11.3 Å². The molecule has 1 N–H and O–H groups in total. The topological polar surface area (TPSA) is 76.4 Å². The van der Waals surface area contributed by atoms with Gasteiger partial charge in [0.2, 0.25) is 5.91 Å². The van der Waals surface area contributed by atoms with Crippen molar-refractivity contribution in [1.29, 1.82) is 0 Å². The molecular formula is C14H17NO4. The molecule has 0 aliphatic heterocycles. The van der Waals surface area contributed by atoms with Crippen LogP contribution in [0.1, 0.15) is 32.4 Å². The Morgan fingerprint density at radius 2 is 2.00 bits per heavy atom. The number of carbonyl (C=O) groups excluding carboxylic acids is 3. The Bertz CT molecular complexity index is 482. The molecular weight excluding hydrogens is 246 g/mol. The van der Waals surface area contributed by atoms with Gasteiger partial charge in [-0.3, -0.25) is 14.4 Å². The van der Waals surface area contributed by atoms with E-state index in [1.54, 1.807) is 12.1 Å². The second-order valence-electron chi connectivity index (χ2n) is 5.68. The van der Waals surface area contributed by atoms with Crippen LogP contribution in [-0.2, 0) is 20.9 Å². The number of nitrogens with one attached hydrogen (secondary N) is 1. The summed E-state index contributed by atoms with van der Waals surface area (Å²) in [5.74, 6) is -1.68. The number of carbonyl (C=O) groups is 3. The highest BCUT2D eigenvalue weighted by Gasteiger charge is 2.43. The van der Waals surface area contributed by atoms with Gasteiger partial charge in [-0.15, -0.1) is 0 Å². The summed E-state index contributed by atoms with van der Waals surface area (Å²) in [6, 6.07) is 3.43. The average Bonchev–Trinajstić information content (AvgIpc) is 2.76. The van der Waals surface area contributed by atoms with Crippen LogP contribution in [0.2, 0.25) is 0 Å². The summed E-state index contributed by atoms with van der Waals surface area (Å²) in [6.45, 7) is 3.91. The predicted molar refractivity (Wildman–Crippen MR) is 67.1 cm³/mol. The highest BCUT2D eigenvalue weighted by Crippen LogP contribution is 2.33. The van der Waals surface area contributed by atoms with Crippen molar-refractivity contribution in [2.45, 2.75) is 33.2 Å². The Labute approximate surface area is 111 Å². The maximum Gasteiger partial charge on any atom is 0.238 e. The minimum Gasteiger partial charge on any atom is -0.467 e. The molecule has 102 valence electrons. The minimum atomic E-state index is -1.15. The van der Waals surface area contributed by atoms with E-state index in [2.05, 4.69) is 5.32 Å². The van der Waals surface area contributed by atoms with Crippen LogP contribution in [0.3, 0.4) is 0 Å². The lowest BCUT2D eigenvalue weighted by Crippen LogP contribution is -2.46. The number of hydrogen-bond acceptors (Lipinski definition) is 4. The third kappa shape index (κ3) is 3.10. The largest absolute Gasteiger partial charge is 0.467 e. The van der Waals surface area contributed by atoms with Gasteiger partial charge in [0.15, 0.2) is 17.5 Å². The number of amides is 1. The number of rotatable bonds is 3. The van der Waals surface area contributed by atoms with Crippen LogP contribution >= 0.6 is 0 Å². The molecule has 1 fully saturated rings. The van der Waals surface area contributed by atoms with Crippen molar-refractivity contribution in [1.82, 2.24) is 5.32 Å². The summed E-state index contributed by atoms with van der Waals surface area (Å²) < 4.78 is 5.07. The summed E-state index contributed by atoms with van der Waals surface area (Å²) >= 11 is 0. The minimum absolute atomic E-state index is 0.187. The summed E-state index contributed by atoms with van der Waals surface area (Å²) in [5.41, 5.74) is -0.341. The van der Waals surface area contributed by atoms with E-state index < -0.39 is 11.8 Å². The predicted octanol–water partition coefficient (Wildman–Crippen LogP) is 1.47. The molecule has 0 aromatic carbocycles. The zero-order chi connectivity index (χ0) is 14.0. The molecule has 5 heteroatoms. The van der Waals surface area contributed by atoms with Crippen LogP contribution in [0.25, 0.3) is 0 Å². The normalized spacial score (nSPS) is 19.5. The Balaban J connectivity index is 1.99. The smallest absolute Gasteiger partial charge is 0.238 e. The van der Waals surface area contributed by atoms with E-state index in [-0.39, 0.29) is 36.4 Å². The number of Topliss-reactive ketones (excluding diaryl/α,β-unsaturated/α-hetero) is 2. The van der Waals surface area contributed by atoms with Crippen molar-refractivity contribution in [2.24, 2.45) is 11.3 Å². The first-order valence-corrected chi connectivity index (χ1v) is 6.24. The molecule has 1 saturated carbocycles. The van der Waals surface area contributed by atoms with Crippen molar-refractivity contribution in [3.63, 3.8) is 0 Å². The van der Waals surface area contributed by atoms with Crippen molar-refractivity contribution in [2.75, 3.05) is 0 Å². The van der Waals surface area contributed by atoms with Gasteiger partial charge in [-0.25, -0.2) is 0 Å². The second-order valence-corrected chi connectivity index (χ2v) is 5.68. The summed E-state index contributed by atoms with van der Waals surface area (Å²) in [6.07, 6.45) is 2.02. The van der Waals surface area contributed by atoms with E-state index >= 15 is 0 Å². The van der Waals surface area contributed by atoms with Gasteiger partial charge >= 0.3 is 0 Å². The van der Waals surface area contributed by atoms with Crippen molar-refractivity contribution in [3.05, 3.63) is 24.2 Å². The Morgan fingerprint density at radius 3 is 2.53 bits per heavy atom. The highest BCUT2D eigenvalue weighted by molar-refractivity contribution is 6.20. The number of hydrogen-bond donors (Lipinski definition) is 1. The Morgan fingerprint density at radius 1 is 1.37 bits per heavy atom. The lowest BCUT2D eigenvalue weighted by atomic mass is 9.71. The molecule has 1 amide bonds. The van der Waals surface area contributed by atoms with Gasteiger partial charge in [-0.2, -0.15) is 0 Å². The van der Waals surface area contributed by atoms with E-state index in [1.807, 2.05) is 13.8 Å². The molecule has 1 aliphatic rings. The van der Waals surface area contributed by atoms with Crippen LogP contribution < -0.4 is 5.32 Å². The third-order valence-electron chi connectivity index (χ3n) is 3.23. The summed E-state index contributed by atoms with van der Waals surface area (Å²) in [4.78, 5) is 35.8. The average molecular weight is 263 g/mol. The second kappa shape index (κ2) is 4.99. The van der Waals surface area contributed by atoms with Gasteiger partial charge in [0.1, 0.15) is 5.76 Å². The Kier molecular flexibility index (Phi) is 3.55. The van der Waals surface area contributed by atoms with Crippen molar-refractivity contribution >= 4 is 17.5 Å². The molecule has 1 aromatic heterocycles. The monoisotopic (exact) mass is 263 g/mol. The molecule has 0 bridgehead atoms. The molecule has 0 atom stereocenters. The van der Waals surface area contributed by atoms with Crippen molar-refractivity contribution in [3.8, 4) is 0 Å².